The zero-order valence-corrected chi connectivity index (χ0v) is 23.3. The number of nitrogens with one attached hydrogen (secondary N) is 1. The van der Waals surface area contributed by atoms with Crippen LogP contribution in [-0.2, 0) is 22.6 Å². The number of hydrogen-bond acceptors (Lipinski definition) is 3. The average molecular weight is 584 g/mol. The van der Waals surface area contributed by atoms with Gasteiger partial charge in [-0.15, -0.1) is 0 Å². The Hall–Kier alpha value is -2.83. The molecule has 0 radical (unpaired) electrons. The van der Waals surface area contributed by atoms with Gasteiger partial charge in [-0.25, -0.2) is 0 Å². The summed E-state index contributed by atoms with van der Waals surface area (Å²) >= 11 is 9.69. The van der Waals surface area contributed by atoms with Crippen LogP contribution in [0.4, 0.5) is 0 Å². The third-order valence-electron chi connectivity index (χ3n) is 6.69. The molecule has 4 rings (SSSR count). The van der Waals surface area contributed by atoms with Crippen LogP contribution >= 0.6 is 27.5 Å². The van der Waals surface area contributed by atoms with Crippen molar-refractivity contribution in [2.75, 3.05) is 6.61 Å². The van der Waals surface area contributed by atoms with Crippen molar-refractivity contribution in [3.8, 4) is 5.75 Å². The number of aryl methyl sites for hydroxylation is 1. The monoisotopic (exact) mass is 582 g/mol. The summed E-state index contributed by atoms with van der Waals surface area (Å²) in [6.45, 7) is 2.09. The number of amides is 2. The predicted octanol–water partition coefficient (Wildman–Crippen LogP) is 6.49. The van der Waals surface area contributed by atoms with E-state index in [1.165, 1.54) is 0 Å². The van der Waals surface area contributed by atoms with E-state index in [0.29, 0.717) is 23.7 Å². The fourth-order valence-electron chi connectivity index (χ4n) is 4.63. The lowest BCUT2D eigenvalue weighted by molar-refractivity contribution is -0.143. The SMILES string of the molecule is Cc1ccc(CN(C(=O)COc2ccc(Br)cc2Cl)[C@H](Cc2ccccc2)C(=O)NC2CCCC2)cc1. The summed E-state index contributed by atoms with van der Waals surface area (Å²) in [5.41, 5.74) is 3.08. The van der Waals surface area contributed by atoms with Crippen LogP contribution in [0.1, 0.15) is 42.4 Å². The number of carbonyl (C=O) groups is 2. The van der Waals surface area contributed by atoms with E-state index in [1.807, 2.05) is 67.6 Å². The number of halogens is 2. The molecule has 2 amide bonds. The van der Waals surface area contributed by atoms with Crippen molar-refractivity contribution >= 4 is 39.3 Å². The quantitative estimate of drug-likeness (QED) is 0.297. The Balaban J connectivity index is 1.61. The minimum atomic E-state index is -0.680. The maximum Gasteiger partial charge on any atom is 0.261 e. The van der Waals surface area contributed by atoms with Crippen molar-refractivity contribution in [3.05, 3.63) is 99.0 Å². The highest BCUT2D eigenvalue weighted by Crippen LogP contribution is 2.28. The van der Waals surface area contributed by atoms with Crippen LogP contribution < -0.4 is 10.1 Å². The second-order valence-corrected chi connectivity index (χ2v) is 10.9. The molecule has 0 saturated heterocycles. The smallest absolute Gasteiger partial charge is 0.261 e. The summed E-state index contributed by atoms with van der Waals surface area (Å²) in [4.78, 5) is 29.0. The molecule has 194 valence electrons. The average Bonchev–Trinajstić information content (AvgIpc) is 3.40. The first-order chi connectivity index (χ1) is 17.9. The Kier molecular flexibility index (Phi) is 9.64. The lowest BCUT2D eigenvalue weighted by Gasteiger charge is -2.32. The van der Waals surface area contributed by atoms with E-state index < -0.39 is 6.04 Å². The van der Waals surface area contributed by atoms with Crippen molar-refractivity contribution in [1.29, 1.82) is 0 Å². The minimum Gasteiger partial charge on any atom is -0.482 e. The summed E-state index contributed by atoms with van der Waals surface area (Å²) in [5, 5.41) is 3.63. The Morgan fingerprint density at radius 3 is 2.41 bits per heavy atom. The number of hydrogen-bond donors (Lipinski definition) is 1. The standard InChI is InChI=1S/C30H32BrClN2O3/c1-21-11-13-23(14-12-21)19-34(29(35)20-37-28-16-15-24(31)18-26(28)32)27(17-22-7-3-2-4-8-22)30(36)33-25-9-5-6-10-25/h2-4,7-8,11-16,18,25,27H,5-6,9-10,17,19-20H2,1H3,(H,33,36)/t27-/m1/s1. The van der Waals surface area contributed by atoms with Gasteiger partial charge in [0.2, 0.25) is 5.91 Å². The summed E-state index contributed by atoms with van der Waals surface area (Å²) in [5.74, 6) is 0.0171. The van der Waals surface area contributed by atoms with E-state index in [1.54, 1.807) is 17.0 Å². The van der Waals surface area contributed by atoms with Gasteiger partial charge in [-0.1, -0.05) is 101 Å². The molecule has 0 aromatic heterocycles. The molecule has 1 saturated carbocycles. The van der Waals surface area contributed by atoms with E-state index >= 15 is 0 Å². The van der Waals surface area contributed by atoms with Crippen LogP contribution in [0.15, 0.2) is 77.3 Å². The van der Waals surface area contributed by atoms with Gasteiger partial charge in [0.05, 0.1) is 5.02 Å². The van der Waals surface area contributed by atoms with Gasteiger partial charge in [0.1, 0.15) is 11.8 Å². The summed E-state index contributed by atoms with van der Waals surface area (Å²) in [6.07, 6.45) is 4.59. The largest absolute Gasteiger partial charge is 0.482 e. The van der Waals surface area contributed by atoms with Crippen LogP contribution in [0.2, 0.25) is 5.02 Å². The third kappa shape index (κ3) is 7.83. The molecule has 0 bridgehead atoms. The molecule has 0 unspecified atom stereocenters. The molecule has 0 heterocycles. The van der Waals surface area contributed by atoms with E-state index in [-0.39, 0.29) is 24.5 Å². The molecule has 1 aliphatic rings. The maximum atomic E-state index is 13.7. The molecule has 7 heteroatoms. The van der Waals surface area contributed by atoms with E-state index in [2.05, 4.69) is 21.2 Å². The first-order valence-corrected chi connectivity index (χ1v) is 13.8. The number of rotatable bonds is 10. The highest BCUT2D eigenvalue weighted by molar-refractivity contribution is 9.10. The van der Waals surface area contributed by atoms with Gasteiger partial charge in [0, 0.05) is 23.5 Å². The molecular formula is C30H32BrClN2O3. The van der Waals surface area contributed by atoms with Crippen LogP contribution in [0.25, 0.3) is 0 Å². The Labute approximate surface area is 232 Å². The molecule has 1 aliphatic carbocycles. The van der Waals surface area contributed by atoms with Crippen molar-refractivity contribution < 1.29 is 14.3 Å². The maximum absolute atomic E-state index is 13.7. The first kappa shape index (κ1) is 27.2. The second-order valence-electron chi connectivity index (χ2n) is 9.57. The Morgan fingerprint density at radius 1 is 1.03 bits per heavy atom. The highest BCUT2D eigenvalue weighted by Gasteiger charge is 2.32. The molecule has 3 aromatic rings. The van der Waals surface area contributed by atoms with Gasteiger partial charge in [-0.3, -0.25) is 9.59 Å². The van der Waals surface area contributed by atoms with Gasteiger partial charge >= 0.3 is 0 Å². The van der Waals surface area contributed by atoms with Gasteiger partial charge in [0.15, 0.2) is 6.61 Å². The number of carbonyl (C=O) groups excluding carboxylic acids is 2. The van der Waals surface area contributed by atoms with Crippen LogP contribution in [0, 0.1) is 6.92 Å². The molecule has 3 aromatic carbocycles. The fraction of sp³-hybridized carbons (Fsp3) is 0.333. The lowest BCUT2D eigenvalue weighted by atomic mass is 10.0. The van der Waals surface area contributed by atoms with E-state index in [9.17, 15) is 9.59 Å². The van der Waals surface area contributed by atoms with Crippen LogP contribution in [0.3, 0.4) is 0 Å². The fourth-order valence-corrected chi connectivity index (χ4v) is 5.35. The minimum absolute atomic E-state index is 0.127. The summed E-state index contributed by atoms with van der Waals surface area (Å²) in [6, 6.07) is 22.6. The number of ether oxygens (including phenoxy) is 1. The van der Waals surface area contributed by atoms with Crippen molar-refractivity contribution in [1.82, 2.24) is 10.2 Å². The first-order valence-electron chi connectivity index (χ1n) is 12.7. The van der Waals surface area contributed by atoms with Crippen molar-refractivity contribution in [2.45, 2.75) is 57.7 Å². The normalized spacial score (nSPS) is 14.2. The van der Waals surface area contributed by atoms with Crippen molar-refractivity contribution in [2.24, 2.45) is 0 Å². The number of benzene rings is 3. The Morgan fingerprint density at radius 2 is 1.73 bits per heavy atom. The Bertz CT molecular complexity index is 1200. The molecular weight excluding hydrogens is 552 g/mol. The zero-order valence-electron chi connectivity index (χ0n) is 21.0. The van der Waals surface area contributed by atoms with Crippen LogP contribution in [-0.4, -0.2) is 35.4 Å². The zero-order chi connectivity index (χ0) is 26.2. The molecule has 37 heavy (non-hydrogen) atoms. The summed E-state index contributed by atoms with van der Waals surface area (Å²) < 4.78 is 6.65. The third-order valence-corrected chi connectivity index (χ3v) is 7.48. The molecule has 1 fully saturated rings. The van der Waals surface area contributed by atoms with Gasteiger partial charge in [0.25, 0.3) is 5.91 Å². The summed E-state index contributed by atoms with van der Waals surface area (Å²) in [7, 11) is 0. The van der Waals surface area contributed by atoms with E-state index in [0.717, 1.165) is 46.8 Å². The van der Waals surface area contributed by atoms with E-state index in [4.69, 9.17) is 16.3 Å². The van der Waals surface area contributed by atoms with Crippen molar-refractivity contribution in [3.63, 3.8) is 0 Å². The molecule has 1 atom stereocenters. The molecule has 0 aliphatic heterocycles. The lowest BCUT2D eigenvalue weighted by Crippen LogP contribution is -2.53. The van der Waals surface area contributed by atoms with Crippen LogP contribution in [0.5, 0.6) is 5.75 Å². The number of nitrogens with zero attached hydrogens (tertiary/aromatic N) is 1. The molecule has 5 nitrogen and oxygen atoms in total. The topological polar surface area (TPSA) is 58.6 Å². The van der Waals surface area contributed by atoms with Gasteiger partial charge in [-0.2, -0.15) is 0 Å². The predicted molar refractivity (Wildman–Crippen MR) is 151 cm³/mol. The second kappa shape index (κ2) is 13.1. The molecule has 1 N–H and O–H groups in total. The molecule has 0 spiro atoms. The highest BCUT2D eigenvalue weighted by atomic mass is 79.9. The van der Waals surface area contributed by atoms with Gasteiger partial charge < -0.3 is 15.0 Å². The van der Waals surface area contributed by atoms with Gasteiger partial charge in [-0.05, 0) is 49.1 Å².